The molecule has 11 heteroatoms. The van der Waals surface area contributed by atoms with E-state index < -0.39 is 10.0 Å². The highest BCUT2D eigenvalue weighted by Gasteiger charge is 2.26. The Morgan fingerprint density at radius 1 is 0.892 bits per heavy atom. The van der Waals surface area contributed by atoms with Gasteiger partial charge in [-0.05, 0) is 48.5 Å². The molecule has 1 aliphatic heterocycles. The summed E-state index contributed by atoms with van der Waals surface area (Å²) in [5, 5.41) is 18.7. The lowest BCUT2D eigenvalue weighted by Crippen LogP contribution is -2.40. The lowest BCUT2D eigenvalue weighted by Gasteiger charge is -2.26. The number of methoxy groups -OCH3 is 1. The number of anilines is 2. The van der Waals surface area contributed by atoms with Gasteiger partial charge in [0.05, 0.1) is 25.2 Å². The Bertz CT molecular complexity index is 1680. The Kier molecular flexibility index (Phi) is 5.95. The lowest BCUT2D eigenvalue weighted by molar-refractivity contribution is 0.0730. The zero-order chi connectivity index (χ0) is 25.4. The third kappa shape index (κ3) is 4.26. The first-order valence-corrected chi connectivity index (χ1v) is 13.2. The van der Waals surface area contributed by atoms with Gasteiger partial charge in [0.25, 0.3) is 0 Å². The van der Waals surface area contributed by atoms with Crippen molar-refractivity contribution in [2.45, 2.75) is 4.90 Å². The Morgan fingerprint density at radius 2 is 1.59 bits per heavy atom. The second-order valence-corrected chi connectivity index (χ2v) is 10.5. The molecule has 3 heterocycles. The highest BCUT2D eigenvalue weighted by atomic mass is 32.2. The maximum atomic E-state index is 13.0. The predicted octanol–water partition coefficient (Wildman–Crippen LogP) is 3.72. The van der Waals surface area contributed by atoms with E-state index in [2.05, 4.69) is 15.5 Å². The summed E-state index contributed by atoms with van der Waals surface area (Å²) in [6, 6.07) is 22.1. The van der Waals surface area contributed by atoms with Gasteiger partial charge in [0.1, 0.15) is 5.75 Å². The van der Waals surface area contributed by atoms with Crippen LogP contribution in [-0.2, 0) is 14.8 Å². The van der Waals surface area contributed by atoms with E-state index in [0.717, 1.165) is 22.1 Å². The molecule has 0 bridgehead atoms. The van der Waals surface area contributed by atoms with Gasteiger partial charge < -0.3 is 14.8 Å². The highest BCUT2D eigenvalue weighted by Crippen LogP contribution is 2.30. The van der Waals surface area contributed by atoms with Crippen LogP contribution in [0.15, 0.2) is 77.7 Å². The van der Waals surface area contributed by atoms with Crippen molar-refractivity contribution in [2.75, 3.05) is 38.7 Å². The van der Waals surface area contributed by atoms with Crippen molar-refractivity contribution in [2.24, 2.45) is 0 Å². The molecule has 1 aliphatic rings. The van der Waals surface area contributed by atoms with Gasteiger partial charge in [0.15, 0.2) is 17.3 Å². The SMILES string of the molecule is COc1ccc(-c2nnc3c4ccccc4c(Nc4ccc(S(=O)(=O)N5CCOCC5)cc4)nn23)cc1. The van der Waals surface area contributed by atoms with E-state index in [9.17, 15) is 8.42 Å². The van der Waals surface area contributed by atoms with Gasteiger partial charge in [0.2, 0.25) is 10.0 Å². The number of ether oxygens (including phenoxy) is 2. The molecule has 0 atom stereocenters. The van der Waals surface area contributed by atoms with E-state index in [1.165, 1.54) is 4.31 Å². The lowest BCUT2D eigenvalue weighted by atomic mass is 10.1. The van der Waals surface area contributed by atoms with Crippen molar-refractivity contribution in [3.63, 3.8) is 0 Å². The van der Waals surface area contributed by atoms with Crippen LogP contribution in [0.1, 0.15) is 0 Å². The zero-order valence-corrected chi connectivity index (χ0v) is 20.9. The molecular formula is C26H24N6O4S. The van der Waals surface area contributed by atoms with Gasteiger partial charge in [-0.1, -0.05) is 24.3 Å². The number of aromatic nitrogens is 4. The van der Waals surface area contributed by atoms with E-state index in [1.54, 1.807) is 35.9 Å². The number of sulfonamides is 1. The van der Waals surface area contributed by atoms with E-state index in [0.29, 0.717) is 49.3 Å². The molecule has 1 N–H and O–H groups in total. The fourth-order valence-electron chi connectivity index (χ4n) is 4.38. The monoisotopic (exact) mass is 516 g/mol. The summed E-state index contributed by atoms with van der Waals surface area (Å²) in [4.78, 5) is 0.244. The molecule has 2 aromatic heterocycles. The third-order valence-corrected chi connectivity index (χ3v) is 8.25. The van der Waals surface area contributed by atoms with Crippen LogP contribution < -0.4 is 10.1 Å². The number of hydrogen-bond donors (Lipinski definition) is 1. The standard InChI is InChI=1S/C26H24N6O4S/c1-35-20-10-6-18(7-11-20)25-28-29-26-23-5-3-2-4-22(23)24(30-32(25)26)27-19-8-12-21(13-9-19)37(33,34)31-14-16-36-17-15-31/h2-13H,14-17H2,1H3,(H,27,30). The van der Waals surface area contributed by atoms with Gasteiger partial charge in [-0.25, -0.2) is 8.42 Å². The van der Waals surface area contributed by atoms with Crippen molar-refractivity contribution in [1.29, 1.82) is 0 Å². The summed E-state index contributed by atoms with van der Waals surface area (Å²) in [6.07, 6.45) is 0. The minimum absolute atomic E-state index is 0.244. The van der Waals surface area contributed by atoms with E-state index in [1.807, 2.05) is 48.5 Å². The van der Waals surface area contributed by atoms with Crippen LogP contribution >= 0.6 is 0 Å². The smallest absolute Gasteiger partial charge is 0.243 e. The van der Waals surface area contributed by atoms with E-state index >= 15 is 0 Å². The minimum atomic E-state index is -3.57. The molecule has 1 fully saturated rings. The number of nitrogens with one attached hydrogen (secondary N) is 1. The summed E-state index contributed by atoms with van der Waals surface area (Å²) in [6.45, 7) is 1.52. The first-order valence-electron chi connectivity index (χ1n) is 11.8. The second-order valence-electron chi connectivity index (χ2n) is 8.55. The highest BCUT2D eigenvalue weighted by molar-refractivity contribution is 7.89. The van der Waals surface area contributed by atoms with Gasteiger partial charge in [-0.2, -0.15) is 8.82 Å². The van der Waals surface area contributed by atoms with Crippen LogP contribution in [0, 0.1) is 0 Å². The minimum Gasteiger partial charge on any atom is -0.497 e. The molecule has 0 amide bonds. The summed E-state index contributed by atoms with van der Waals surface area (Å²) < 4.78 is 39.7. The van der Waals surface area contributed by atoms with Crippen LogP contribution in [0.2, 0.25) is 0 Å². The van der Waals surface area contributed by atoms with Crippen molar-refractivity contribution >= 4 is 37.9 Å². The molecule has 0 spiro atoms. The van der Waals surface area contributed by atoms with Crippen LogP contribution in [0.5, 0.6) is 5.75 Å². The molecule has 3 aromatic carbocycles. The molecule has 6 rings (SSSR count). The molecule has 0 unspecified atom stereocenters. The zero-order valence-electron chi connectivity index (χ0n) is 20.0. The summed E-state index contributed by atoms with van der Waals surface area (Å²) in [7, 11) is -1.95. The first kappa shape index (κ1) is 23.3. The quantitative estimate of drug-likeness (QED) is 0.364. The number of morpholine rings is 1. The van der Waals surface area contributed by atoms with Crippen molar-refractivity contribution in [1.82, 2.24) is 24.1 Å². The Balaban J connectivity index is 1.37. The molecular weight excluding hydrogens is 492 g/mol. The Morgan fingerprint density at radius 3 is 2.30 bits per heavy atom. The molecule has 1 saturated heterocycles. The number of benzene rings is 3. The summed E-state index contributed by atoms with van der Waals surface area (Å²) >= 11 is 0. The van der Waals surface area contributed by atoms with Crippen LogP contribution in [-0.4, -0.2) is 65.9 Å². The molecule has 5 aromatic rings. The molecule has 0 saturated carbocycles. The average molecular weight is 517 g/mol. The second kappa shape index (κ2) is 9.43. The molecule has 10 nitrogen and oxygen atoms in total. The molecule has 188 valence electrons. The maximum Gasteiger partial charge on any atom is 0.243 e. The largest absolute Gasteiger partial charge is 0.497 e. The number of fused-ring (bicyclic) bond motifs is 3. The van der Waals surface area contributed by atoms with Gasteiger partial charge >= 0.3 is 0 Å². The van der Waals surface area contributed by atoms with Gasteiger partial charge in [-0.15, -0.1) is 15.3 Å². The van der Waals surface area contributed by atoms with Gasteiger partial charge in [0, 0.05) is 35.1 Å². The van der Waals surface area contributed by atoms with Crippen LogP contribution in [0.4, 0.5) is 11.5 Å². The van der Waals surface area contributed by atoms with Crippen LogP contribution in [0.3, 0.4) is 0 Å². The Labute approximate surface area is 213 Å². The topological polar surface area (TPSA) is 111 Å². The van der Waals surface area contributed by atoms with E-state index in [4.69, 9.17) is 14.6 Å². The normalized spacial score (nSPS) is 14.7. The third-order valence-electron chi connectivity index (χ3n) is 6.34. The van der Waals surface area contributed by atoms with E-state index in [-0.39, 0.29) is 4.90 Å². The molecule has 0 radical (unpaired) electrons. The average Bonchev–Trinajstić information content (AvgIpc) is 3.38. The van der Waals surface area contributed by atoms with Crippen molar-refractivity contribution < 1.29 is 17.9 Å². The number of nitrogens with zero attached hydrogens (tertiary/aromatic N) is 5. The predicted molar refractivity (Wildman–Crippen MR) is 140 cm³/mol. The maximum absolute atomic E-state index is 13.0. The molecule has 37 heavy (non-hydrogen) atoms. The van der Waals surface area contributed by atoms with Crippen molar-refractivity contribution in [3.05, 3.63) is 72.8 Å². The fraction of sp³-hybridized carbons (Fsp3) is 0.192. The fourth-order valence-corrected chi connectivity index (χ4v) is 5.78. The Hall–Kier alpha value is -4.06. The van der Waals surface area contributed by atoms with Crippen molar-refractivity contribution in [3.8, 4) is 17.1 Å². The first-order chi connectivity index (χ1) is 18.0. The summed E-state index contributed by atoms with van der Waals surface area (Å²) in [5.41, 5.74) is 2.19. The number of hydrogen-bond acceptors (Lipinski definition) is 8. The van der Waals surface area contributed by atoms with Crippen LogP contribution in [0.25, 0.3) is 27.8 Å². The van der Waals surface area contributed by atoms with Gasteiger partial charge in [-0.3, -0.25) is 0 Å². The number of rotatable bonds is 6. The molecule has 0 aliphatic carbocycles. The summed E-state index contributed by atoms with van der Waals surface area (Å²) in [5.74, 6) is 1.94.